The van der Waals surface area contributed by atoms with Crippen molar-refractivity contribution in [2.45, 2.75) is 6.92 Å². The molecule has 0 aliphatic rings. The Morgan fingerprint density at radius 2 is 2.22 bits per heavy atom. The Morgan fingerprint density at radius 1 is 1.44 bits per heavy atom. The first kappa shape index (κ1) is 12.9. The maximum Gasteiger partial charge on any atom is 0.236 e. The van der Waals surface area contributed by atoms with Crippen LogP contribution < -0.4 is 4.74 Å². The molecule has 0 aliphatic carbocycles. The molecular formula is C12H15N3O2S. The summed E-state index contributed by atoms with van der Waals surface area (Å²) in [5.41, 5.74) is 1.47. The number of fused-ring (bicyclic) bond motifs is 1. The van der Waals surface area contributed by atoms with E-state index in [9.17, 15) is 4.79 Å². The molecule has 2 heterocycles. The van der Waals surface area contributed by atoms with E-state index in [1.165, 1.54) is 11.3 Å². The van der Waals surface area contributed by atoms with Crippen molar-refractivity contribution in [3.05, 3.63) is 16.6 Å². The van der Waals surface area contributed by atoms with Crippen LogP contribution in [0.3, 0.4) is 0 Å². The Kier molecular flexibility index (Phi) is 3.88. The fraction of sp³-hybridized carbons (Fsp3) is 0.417. The Morgan fingerprint density at radius 3 is 2.89 bits per heavy atom. The molecule has 6 heteroatoms. The zero-order valence-corrected chi connectivity index (χ0v) is 11.5. The maximum atomic E-state index is 10.7. The quantitative estimate of drug-likeness (QED) is 0.771. The second-order valence-electron chi connectivity index (χ2n) is 4.22. The summed E-state index contributed by atoms with van der Waals surface area (Å²) in [6.45, 7) is 3.25. The molecule has 0 aliphatic heterocycles. The van der Waals surface area contributed by atoms with Crippen LogP contribution in [-0.4, -0.2) is 48.4 Å². The van der Waals surface area contributed by atoms with E-state index in [4.69, 9.17) is 4.74 Å². The number of hydrogen-bond acceptors (Lipinski definition) is 6. The highest BCUT2D eigenvalue weighted by Crippen LogP contribution is 2.25. The van der Waals surface area contributed by atoms with E-state index in [0.717, 1.165) is 23.4 Å². The highest BCUT2D eigenvalue weighted by molar-refractivity contribution is 7.20. The first-order chi connectivity index (χ1) is 8.60. The molecule has 0 saturated heterocycles. The van der Waals surface area contributed by atoms with Gasteiger partial charge in [0.05, 0.1) is 4.88 Å². The number of hydrogen-bond donors (Lipinski definition) is 0. The average molecular weight is 265 g/mol. The van der Waals surface area contributed by atoms with Gasteiger partial charge >= 0.3 is 0 Å². The molecule has 5 nitrogen and oxygen atoms in total. The minimum atomic E-state index is 0.541. The van der Waals surface area contributed by atoms with Gasteiger partial charge in [-0.25, -0.2) is 9.97 Å². The number of likely N-dealkylation sites (N-methyl/N-ethyl adjacent to an activating group) is 1. The van der Waals surface area contributed by atoms with Crippen LogP contribution in [0, 0.1) is 6.92 Å². The normalized spacial score (nSPS) is 11.1. The molecule has 96 valence electrons. The predicted octanol–water partition coefficient (Wildman–Crippen LogP) is 1.75. The number of nitrogens with zero attached hydrogens (tertiary/aromatic N) is 3. The summed E-state index contributed by atoms with van der Waals surface area (Å²) in [6.07, 6.45) is 0.815. The van der Waals surface area contributed by atoms with Crippen LogP contribution in [0.1, 0.15) is 15.4 Å². The smallest absolute Gasteiger partial charge is 0.236 e. The first-order valence-electron chi connectivity index (χ1n) is 5.61. The van der Waals surface area contributed by atoms with Gasteiger partial charge in [0, 0.05) is 6.54 Å². The van der Waals surface area contributed by atoms with Crippen LogP contribution in [0.2, 0.25) is 0 Å². The molecule has 0 amide bonds. The van der Waals surface area contributed by atoms with Gasteiger partial charge in [0.15, 0.2) is 6.29 Å². The van der Waals surface area contributed by atoms with Crippen molar-refractivity contribution in [3.8, 4) is 5.88 Å². The number of carbonyl (C=O) groups is 1. The van der Waals surface area contributed by atoms with E-state index in [-0.39, 0.29) is 0 Å². The van der Waals surface area contributed by atoms with Gasteiger partial charge in [0.2, 0.25) is 5.88 Å². The summed E-state index contributed by atoms with van der Waals surface area (Å²) in [6, 6.07) is 1.73. The van der Waals surface area contributed by atoms with Crippen LogP contribution in [0.4, 0.5) is 0 Å². The second-order valence-corrected chi connectivity index (χ2v) is 5.29. The summed E-state index contributed by atoms with van der Waals surface area (Å²) in [5, 5.41) is 0. The topological polar surface area (TPSA) is 55.3 Å². The third kappa shape index (κ3) is 2.83. The van der Waals surface area contributed by atoms with Gasteiger partial charge in [-0.05, 0) is 27.1 Å². The number of aromatic nitrogens is 2. The van der Waals surface area contributed by atoms with Crippen LogP contribution in [0.5, 0.6) is 5.88 Å². The van der Waals surface area contributed by atoms with Crippen LogP contribution in [0.15, 0.2) is 6.07 Å². The highest BCUT2D eigenvalue weighted by atomic mass is 32.1. The van der Waals surface area contributed by atoms with E-state index in [1.54, 1.807) is 6.07 Å². The fourth-order valence-electron chi connectivity index (χ4n) is 1.46. The number of rotatable bonds is 5. The lowest BCUT2D eigenvalue weighted by Crippen LogP contribution is -2.20. The highest BCUT2D eigenvalue weighted by Gasteiger charge is 2.09. The van der Waals surface area contributed by atoms with E-state index in [2.05, 4.69) is 9.97 Å². The molecule has 0 radical (unpaired) electrons. The van der Waals surface area contributed by atoms with Crippen molar-refractivity contribution in [1.82, 2.24) is 14.9 Å². The molecule has 0 saturated carbocycles. The molecule has 0 fully saturated rings. The third-order valence-corrected chi connectivity index (χ3v) is 3.35. The Labute approximate surface area is 109 Å². The van der Waals surface area contributed by atoms with Gasteiger partial charge in [0.25, 0.3) is 0 Å². The fourth-order valence-corrected chi connectivity index (χ4v) is 2.29. The molecule has 0 spiro atoms. The molecule has 0 unspecified atom stereocenters. The Bertz CT molecular complexity index is 566. The summed E-state index contributed by atoms with van der Waals surface area (Å²) in [7, 11) is 3.97. The van der Waals surface area contributed by atoms with Crippen LogP contribution in [-0.2, 0) is 0 Å². The van der Waals surface area contributed by atoms with Gasteiger partial charge in [0.1, 0.15) is 22.6 Å². The van der Waals surface area contributed by atoms with Crippen molar-refractivity contribution in [2.24, 2.45) is 0 Å². The summed E-state index contributed by atoms with van der Waals surface area (Å²) >= 11 is 1.34. The number of ether oxygens (including phenoxy) is 1. The summed E-state index contributed by atoms with van der Waals surface area (Å²) < 4.78 is 5.60. The van der Waals surface area contributed by atoms with Gasteiger partial charge in [-0.3, -0.25) is 4.79 Å². The molecule has 2 aromatic rings. The van der Waals surface area contributed by atoms with Gasteiger partial charge < -0.3 is 9.64 Å². The first-order valence-corrected chi connectivity index (χ1v) is 6.42. The van der Waals surface area contributed by atoms with Gasteiger partial charge in [-0.15, -0.1) is 11.3 Å². The molecule has 18 heavy (non-hydrogen) atoms. The predicted molar refractivity (Wildman–Crippen MR) is 71.6 cm³/mol. The maximum absolute atomic E-state index is 10.7. The Balaban J connectivity index is 2.22. The van der Waals surface area contributed by atoms with Crippen molar-refractivity contribution in [2.75, 3.05) is 27.2 Å². The summed E-state index contributed by atoms with van der Waals surface area (Å²) in [4.78, 5) is 22.9. The van der Waals surface area contributed by atoms with Gasteiger partial charge in [-0.1, -0.05) is 0 Å². The monoisotopic (exact) mass is 265 g/mol. The minimum absolute atomic E-state index is 0.541. The minimum Gasteiger partial charge on any atom is -0.475 e. The molecule has 0 atom stereocenters. The lowest BCUT2D eigenvalue weighted by Gasteiger charge is -2.11. The van der Waals surface area contributed by atoms with E-state index in [1.807, 2.05) is 25.9 Å². The third-order valence-electron chi connectivity index (χ3n) is 2.41. The van der Waals surface area contributed by atoms with Crippen LogP contribution >= 0.6 is 11.3 Å². The van der Waals surface area contributed by atoms with Gasteiger partial charge in [-0.2, -0.15) is 0 Å². The lowest BCUT2D eigenvalue weighted by atomic mass is 10.4. The van der Waals surface area contributed by atoms with Crippen LogP contribution in [0.25, 0.3) is 10.3 Å². The molecule has 2 aromatic heterocycles. The molecule has 0 N–H and O–H groups in total. The number of carbonyl (C=O) groups excluding carboxylic acids is 1. The zero-order chi connectivity index (χ0) is 13.1. The standard InChI is InChI=1S/C12H15N3O2S/c1-8-11(17-5-4-15(2)3)14-10-6-9(7-16)18-12(10)13-8/h6-7H,4-5H2,1-3H3. The van der Waals surface area contributed by atoms with Crippen molar-refractivity contribution in [1.29, 1.82) is 0 Å². The Hall–Kier alpha value is -1.53. The molecular weight excluding hydrogens is 250 g/mol. The molecule has 2 rings (SSSR count). The average Bonchev–Trinajstić information content (AvgIpc) is 2.70. The number of aldehydes is 1. The zero-order valence-electron chi connectivity index (χ0n) is 10.6. The van der Waals surface area contributed by atoms with E-state index in [0.29, 0.717) is 22.9 Å². The molecule has 0 bridgehead atoms. The lowest BCUT2D eigenvalue weighted by molar-refractivity contribution is 0.112. The molecule has 0 aromatic carbocycles. The van der Waals surface area contributed by atoms with E-state index >= 15 is 0 Å². The number of thiophene rings is 1. The van der Waals surface area contributed by atoms with E-state index < -0.39 is 0 Å². The number of aryl methyl sites for hydroxylation is 1. The summed E-state index contributed by atoms with van der Waals surface area (Å²) in [5.74, 6) is 0.541. The second kappa shape index (κ2) is 5.41. The SMILES string of the molecule is Cc1nc2sc(C=O)cc2nc1OCCN(C)C. The van der Waals surface area contributed by atoms with Crippen molar-refractivity contribution < 1.29 is 9.53 Å². The van der Waals surface area contributed by atoms with Crippen molar-refractivity contribution >= 4 is 28.0 Å². The van der Waals surface area contributed by atoms with Crippen molar-refractivity contribution in [3.63, 3.8) is 0 Å². The largest absolute Gasteiger partial charge is 0.475 e.